The molecule has 2 heterocycles. The number of aromatic nitrogens is 4. The number of fused-ring (bicyclic) bond motifs is 1. The number of amides is 2. The normalized spacial score (nSPS) is 11.6. The fraction of sp³-hybridized carbons (Fsp3) is 0.400. The van der Waals surface area contributed by atoms with Gasteiger partial charge < -0.3 is 37.8 Å². The standard InChI is InChI=1S/C25H34N10O4/c1-35(14-16-13-30-22-20(31-16)21(27)33-25(28)34-22)17-7-5-15(6-8-17)23(37)32-18(24(38)39)9-10-19(36)29-12-4-2-3-11-26/h5-8,13,18H,2-4,9-12,14,26H2,1H3,(H,29,36)(H,32,37)(H,38,39)(H4,27,28,30,33,34). The molecule has 208 valence electrons. The van der Waals surface area contributed by atoms with Crippen molar-refractivity contribution in [1.29, 1.82) is 0 Å². The second kappa shape index (κ2) is 13.8. The van der Waals surface area contributed by atoms with Crippen LogP contribution in [-0.4, -0.2) is 69.0 Å². The van der Waals surface area contributed by atoms with Gasteiger partial charge in [0.15, 0.2) is 17.0 Å². The van der Waals surface area contributed by atoms with Gasteiger partial charge in [-0.25, -0.2) is 14.8 Å². The lowest BCUT2D eigenvalue weighted by atomic mass is 10.1. The van der Waals surface area contributed by atoms with Gasteiger partial charge in [0.2, 0.25) is 11.9 Å². The number of anilines is 3. The summed E-state index contributed by atoms with van der Waals surface area (Å²) in [6.45, 7) is 1.50. The van der Waals surface area contributed by atoms with Crippen molar-refractivity contribution in [2.45, 2.75) is 44.7 Å². The topological polar surface area (TPSA) is 228 Å². The fourth-order valence-corrected chi connectivity index (χ4v) is 3.80. The Balaban J connectivity index is 1.54. The minimum atomic E-state index is -1.21. The van der Waals surface area contributed by atoms with Crippen LogP contribution in [0.4, 0.5) is 17.5 Å². The monoisotopic (exact) mass is 538 g/mol. The Morgan fingerprint density at radius 2 is 1.79 bits per heavy atom. The number of carboxylic acids is 1. The van der Waals surface area contributed by atoms with Gasteiger partial charge in [0.25, 0.3) is 5.91 Å². The first-order valence-electron chi connectivity index (χ1n) is 12.5. The van der Waals surface area contributed by atoms with Gasteiger partial charge >= 0.3 is 5.97 Å². The molecular weight excluding hydrogens is 504 g/mol. The molecule has 14 heteroatoms. The van der Waals surface area contributed by atoms with Crippen LogP contribution in [0.2, 0.25) is 0 Å². The number of hydrogen-bond acceptors (Lipinski definition) is 11. The zero-order chi connectivity index (χ0) is 28.4. The predicted octanol–water partition coefficient (Wildman–Crippen LogP) is 0.429. The van der Waals surface area contributed by atoms with E-state index in [1.165, 1.54) is 0 Å². The molecule has 9 N–H and O–H groups in total. The van der Waals surface area contributed by atoms with E-state index in [0.29, 0.717) is 36.5 Å². The number of carbonyl (C=O) groups excluding carboxylic acids is 2. The van der Waals surface area contributed by atoms with Crippen LogP contribution >= 0.6 is 0 Å². The van der Waals surface area contributed by atoms with Gasteiger partial charge in [0.05, 0.1) is 18.4 Å². The number of aliphatic carboxylic acids is 1. The summed E-state index contributed by atoms with van der Waals surface area (Å²) >= 11 is 0. The molecule has 0 saturated heterocycles. The van der Waals surface area contributed by atoms with Crippen LogP contribution < -0.4 is 32.7 Å². The Bertz CT molecular complexity index is 1300. The number of nitrogen functional groups attached to an aromatic ring is 2. The molecule has 0 aliphatic rings. The Morgan fingerprint density at radius 1 is 1.05 bits per heavy atom. The molecule has 0 aliphatic heterocycles. The molecule has 0 radical (unpaired) electrons. The third kappa shape index (κ3) is 8.46. The van der Waals surface area contributed by atoms with Gasteiger partial charge in [0, 0.05) is 31.3 Å². The molecule has 0 saturated carbocycles. The van der Waals surface area contributed by atoms with Crippen molar-refractivity contribution in [2.75, 3.05) is 36.5 Å². The predicted molar refractivity (Wildman–Crippen MR) is 147 cm³/mol. The van der Waals surface area contributed by atoms with Crippen molar-refractivity contribution in [3.63, 3.8) is 0 Å². The highest BCUT2D eigenvalue weighted by Crippen LogP contribution is 2.19. The second-order valence-corrected chi connectivity index (χ2v) is 9.01. The minimum absolute atomic E-state index is 0.0132. The number of unbranched alkanes of at least 4 members (excludes halogenated alkanes) is 2. The highest BCUT2D eigenvalue weighted by Gasteiger charge is 2.22. The number of nitrogens with two attached hydrogens (primary N) is 3. The molecule has 2 aromatic heterocycles. The molecule has 3 rings (SSSR count). The lowest BCUT2D eigenvalue weighted by Gasteiger charge is -2.19. The average molecular weight is 539 g/mol. The summed E-state index contributed by atoms with van der Waals surface area (Å²) in [5.74, 6) is -1.85. The van der Waals surface area contributed by atoms with E-state index < -0.39 is 17.9 Å². The molecular formula is C25H34N10O4. The number of hydrogen-bond donors (Lipinski definition) is 6. The van der Waals surface area contributed by atoms with Crippen LogP contribution in [0, 0.1) is 0 Å². The zero-order valence-electron chi connectivity index (χ0n) is 21.8. The van der Waals surface area contributed by atoms with Gasteiger partial charge in [-0.15, -0.1) is 0 Å². The smallest absolute Gasteiger partial charge is 0.326 e. The lowest BCUT2D eigenvalue weighted by molar-refractivity contribution is -0.139. The third-order valence-corrected chi connectivity index (χ3v) is 5.94. The highest BCUT2D eigenvalue weighted by molar-refractivity contribution is 5.97. The Hall–Kier alpha value is -4.59. The maximum atomic E-state index is 12.7. The van der Waals surface area contributed by atoms with Crippen LogP contribution in [-0.2, 0) is 16.1 Å². The van der Waals surface area contributed by atoms with Crippen LogP contribution in [0.1, 0.15) is 48.2 Å². The zero-order valence-corrected chi connectivity index (χ0v) is 21.8. The summed E-state index contributed by atoms with van der Waals surface area (Å²) in [6, 6.07) is 5.45. The van der Waals surface area contributed by atoms with E-state index in [-0.39, 0.29) is 36.1 Å². The van der Waals surface area contributed by atoms with Crippen molar-refractivity contribution in [3.8, 4) is 0 Å². The Morgan fingerprint density at radius 3 is 2.49 bits per heavy atom. The quantitative estimate of drug-likeness (QED) is 0.153. The van der Waals surface area contributed by atoms with Crippen molar-refractivity contribution < 1.29 is 19.5 Å². The number of nitrogens with one attached hydrogen (secondary N) is 2. The number of carbonyl (C=O) groups is 3. The molecule has 14 nitrogen and oxygen atoms in total. The Kier molecular flexibility index (Phi) is 10.3. The second-order valence-electron chi connectivity index (χ2n) is 9.01. The minimum Gasteiger partial charge on any atom is -0.480 e. The van der Waals surface area contributed by atoms with E-state index in [2.05, 4.69) is 30.6 Å². The summed E-state index contributed by atoms with van der Waals surface area (Å²) < 4.78 is 0. The largest absolute Gasteiger partial charge is 0.480 e. The van der Waals surface area contributed by atoms with Gasteiger partial charge in [-0.2, -0.15) is 9.97 Å². The molecule has 0 aliphatic carbocycles. The molecule has 0 fully saturated rings. The molecule has 1 aromatic carbocycles. The first-order valence-corrected chi connectivity index (χ1v) is 12.5. The van der Waals surface area contributed by atoms with Crippen molar-refractivity contribution >= 4 is 46.4 Å². The van der Waals surface area contributed by atoms with E-state index in [0.717, 1.165) is 24.9 Å². The maximum Gasteiger partial charge on any atom is 0.326 e. The van der Waals surface area contributed by atoms with Crippen LogP contribution in [0.15, 0.2) is 30.5 Å². The van der Waals surface area contributed by atoms with Crippen LogP contribution in [0.5, 0.6) is 0 Å². The fourth-order valence-electron chi connectivity index (χ4n) is 3.80. The first kappa shape index (κ1) is 29.0. The summed E-state index contributed by atoms with van der Waals surface area (Å²) in [5.41, 5.74) is 19.3. The molecule has 39 heavy (non-hydrogen) atoms. The molecule has 1 atom stereocenters. The summed E-state index contributed by atoms with van der Waals surface area (Å²) in [7, 11) is 1.84. The molecule has 2 amide bonds. The third-order valence-electron chi connectivity index (χ3n) is 5.94. The number of nitrogens with zero attached hydrogens (tertiary/aromatic N) is 5. The molecule has 0 bridgehead atoms. The lowest BCUT2D eigenvalue weighted by Crippen LogP contribution is -2.41. The molecule has 0 spiro atoms. The van der Waals surface area contributed by atoms with Gasteiger partial charge in [-0.05, 0) is 50.1 Å². The summed E-state index contributed by atoms with van der Waals surface area (Å²) in [6.07, 6.45) is 4.15. The number of benzene rings is 1. The highest BCUT2D eigenvalue weighted by atomic mass is 16.4. The van der Waals surface area contributed by atoms with E-state index in [9.17, 15) is 19.5 Å². The number of carboxylic acid groups (broad SMARTS) is 1. The number of rotatable bonds is 14. The van der Waals surface area contributed by atoms with Crippen molar-refractivity contribution in [1.82, 2.24) is 30.6 Å². The Labute approximate surface area is 225 Å². The van der Waals surface area contributed by atoms with E-state index in [4.69, 9.17) is 17.2 Å². The van der Waals surface area contributed by atoms with Crippen LogP contribution in [0.25, 0.3) is 11.2 Å². The first-order chi connectivity index (χ1) is 18.7. The van der Waals surface area contributed by atoms with Crippen LogP contribution in [0.3, 0.4) is 0 Å². The maximum absolute atomic E-state index is 12.7. The summed E-state index contributed by atoms with van der Waals surface area (Å²) in [4.78, 5) is 54.9. The molecule has 3 aromatic rings. The summed E-state index contributed by atoms with van der Waals surface area (Å²) in [5, 5.41) is 14.8. The molecule has 1 unspecified atom stereocenters. The van der Waals surface area contributed by atoms with Gasteiger partial charge in [-0.3, -0.25) is 9.59 Å². The van der Waals surface area contributed by atoms with E-state index in [1.54, 1.807) is 30.5 Å². The van der Waals surface area contributed by atoms with E-state index >= 15 is 0 Å². The SMILES string of the molecule is CN(Cc1cnc2nc(N)nc(N)c2n1)c1ccc(C(=O)NC(CCC(=O)NCCCCCN)C(=O)O)cc1. The van der Waals surface area contributed by atoms with Crippen molar-refractivity contribution in [3.05, 3.63) is 41.7 Å². The average Bonchev–Trinajstić information content (AvgIpc) is 2.91. The van der Waals surface area contributed by atoms with Gasteiger partial charge in [-0.1, -0.05) is 6.42 Å². The van der Waals surface area contributed by atoms with E-state index in [1.807, 2.05) is 11.9 Å². The van der Waals surface area contributed by atoms with Crippen molar-refractivity contribution in [2.24, 2.45) is 5.73 Å². The van der Waals surface area contributed by atoms with Gasteiger partial charge in [0.1, 0.15) is 6.04 Å².